The lowest BCUT2D eigenvalue weighted by Gasteiger charge is -2.37. The lowest BCUT2D eigenvalue weighted by atomic mass is 9.74. The number of halogens is 1. The van der Waals surface area contributed by atoms with Crippen molar-refractivity contribution in [2.45, 2.75) is 53.0 Å². The van der Waals surface area contributed by atoms with Crippen LogP contribution in [0.25, 0.3) is 0 Å². The van der Waals surface area contributed by atoms with Gasteiger partial charge in [0.25, 0.3) is 0 Å². The molecule has 4 heteroatoms. The first-order chi connectivity index (χ1) is 8.41. The topological polar surface area (TPSA) is 43.8 Å². The van der Waals surface area contributed by atoms with Crippen LogP contribution in [0.4, 0.5) is 5.82 Å². The molecule has 0 radical (unpaired) electrons. The third kappa shape index (κ3) is 2.53. The fourth-order valence-electron chi connectivity index (χ4n) is 3.23. The van der Waals surface area contributed by atoms with Crippen LogP contribution >= 0.6 is 22.6 Å². The van der Waals surface area contributed by atoms with Gasteiger partial charge in [0.1, 0.15) is 5.82 Å². The average molecular weight is 361 g/mol. The van der Waals surface area contributed by atoms with E-state index in [4.69, 9.17) is 5.73 Å². The van der Waals surface area contributed by atoms with Crippen LogP contribution in [-0.4, -0.2) is 9.78 Å². The molecule has 1 aromatic rings. The maximum Gasteiger partial charge on any atom is 0.135 e. The molecule has 2 N–H and O–H groups in total. The Labute approximate surface area is 124 Å². The summed E-state index contributed by atoms with van der Waals surface area (Å²) in [6, 6.07) is 0.482. The maximum atomic E-state index is 6.24. The lowest BCUT2D eigenvalue weighted by molar-refractivity contribution is 0.141. The maximum absolute atomic E-state index is 6.24. The first kappa shape index (κ1) is 14.2. The highest BCUT2D eigenvalue weighted by molar-refractivity contribution is 14.1. The van der Waals surface area contributed by atoms with Crippen molar-refractivity contribution in [2.24, 2.45) is 17.8 Å². The molecule has 1 heterocycles. The van der Waals surface area contributed by atoms with Gasteiger partial charge in [-0.3, -0.25) is 0 Å². The quantitative estimate of drug-likeness (QED) is 0.809. The predicted molar refractivity (Wildman–Crippen MR) is 84.5 cm³/mol. The SMILES string of the molecule is Cc1nn(C2CC(C)CCC2C(C)C)c(N)c1I. The first-order valence-corrected chi connectivity index (χ1v) is 7.99. The van der Waals surface area contributed by atoms with E-state index < -0.39 is 0 Å². The molecular formula is C14H24IN3. The third-order valence-corrected chi connectivity index (χ3v) is 5.68. The normalized spacial score (nSPS) is 28.9. The van der Waals surface area contributed by atoms with Crippen LogP contribution in [0.15, 0.2) is 0 Å². The summed E-state index contributed by atoms with van der Waals surface area (Å²) in [6.45, 7) is 9.04. The van der Waals surface area contributed by atoms with E-state index in [2.05, 4.69) is 53.1 Å². The molecule has 0 spiro atoms. The number of aromatic nitrogens is 2. The van der Waals surface area contributed by atoms with Crippen molar-refractivity contribution in [1.29, 1.82) is 0 Å². The second-order valence-corrected chi connectivity index (χ2v) is 7.20. The Balaban J connectivity index is 2.35. The minimum Gasteiger partial charge on any atom is -0.383 e. The van der Waals surface area contributed by atoms with Crippen molar-refractivity contribution in [3.05, 3.63) is 9.26 Å². The molecular weight excluding hydrogens is 337 g/mol. The summed E-state index contributed by atoms with van der Waals surface area (Å²) in [7, 11) is 0. The Morgan fingerprint density at radius 2 is 2.06 bits per heavy atom. The number of nitrogen functional groups attached to an aromatic ring is 1. The van der Waals surface area contributed by atoms with E-state index >= 15 is 0 Å². The van der Waals surface area contributed by atoms with Crippen LogP contribution in [0.5, 0.6) is 0 Å². The Morgan fingerprint density at radius 1 is 1.39 bits per heavy atom. The van der Waals surface area contributed by atoms with Crippen molar-refractivity contribution >= 4 is 28.4 Å². The summed E-state index contributed by atoms with van der Waals surface area (Å²) in [5, 5.41) is 4.68. The smallest absolute Gasteiger partial charge is 0.135 e. The molecule has 0 amide bonds. The Morgan fingerprint density at radius 3 is 2.56 bits per heavy atom. The van der Waals surface area contributed by atoms with Crippen LogP contribution in [0.2, 0.25) is 0 Å². The van der Waals surface area contributed by atoms with Crippen LogP contribution in [-0.2, 0) is 0 Å². The van der Waals surface area contributed by atoms with Gasteiger partial charge in [0, 0.05) is 0 Å². The Bertz CT molecular complexity index is 425. The second-order valence-electron chi connectivity index (χ2n) is 6.12. The van der Waals surface area contributed by atoms with Gasteiger partial charge in [0.05, 0.1) is 15.3 Å². The molecule has 18 heavy (non-hydrogen) atoms. The molecule has 1 aliphatic carbocycles. The van der Waals surface area contributed by atoms with Gasteiger partial charge in [-0.2, -0.15) is 5.10 Å². The number of hydrogen-bond acceptors (Lipinski definition) is 2. The standard InChI is InChI=1S/C14H24IN3/c1-8(2)11-6-5-9(3)7-12(11)18-14(16)13(15)10(4)17-18/h8-9,11-12H,5-7,16H2,1-4H3. The van der Waals surface area contributed by atoms with Crippen LogP contribution in [0.3, 0.4) is 0 Å². The van der Waals surface area contributed by atoms with Crippen molar-refractivity contribution < 1.29 is 0 Å². The van der Waals surface area contributed by atoms with Gasteiger partial charge >= 0.3 is 0 Å². The third-order valence-electron chi connectivity index (χ3n) is 4.35. The highest BCUT2D eigenvalue weighted by Crippen LogP contribution is 2.42. The fourth-order valence-corrected chi connectivity index (χ4v) is 3.59. The van der Waals surface area contributed by atoms with Crippen molar-refractivity contribution in [2.75, 3.05) is 5.73 Å². The van der Waals surface area contributed by atoms with Crippen molar-refractivity contribution in [1.82, 2.24) is 9.78 Å². The van der Waals surface area contributed by atoms with Gasteiger partial charge in [-0.05, 0) is 60.1 Å². The van der Waals surface area contributed by atoms with E-state index in [1.807, 2.05) is 6.92 Å². The zero-order chi connectivity index (χ0) is 13.4. The summed E-state index contributed by atoms with van der Waals surface area (Å²) in [6.07, 6.45) is 3.86. The zero-order valence-corrected chi connectivity index (χ0v) is 13.9. The minimum atomic E-state index is 0.482. The van der Waals surface area contributed by atoms with E-state index in [9.17, 15) is 0 Å². The van der Waals surface area contributed by atoms with E-state index in [0.29, 0.717) is 17.9 Å². The summed E-state index contributed by atoms with van der Waals surface area (Å²) in [5.74, 6) is 3.05. The number of aryl methyl sites for hydroxylation is 1. The zero-order valence-electron chi connectivity index (χ0n) is 11.8. The van der Waals surface area contributed by atoms with Gasteiger partial charge < -0.3 is 5.73 Å². The summed E-state index contributed by atoms with van der Waals surface area (Å²) < 4.78 is 3.23. The fraction of sp³-hybridized carbons (Fsp3) is 0.786. The summed E-state index contributed by atoms with van der Waals surface area (Å²) in [5.41, 5.74) is 7.30. The Hall–Kier alpha value is -0.260. The summed E-state index contributed by atoms with van der Waals surface area (Å²) in [4.78, 5) is 0. The molecule has 2 rings (SSSR count). The molecule has 3 nitrogen and oxygen atoms in total. The van der Waals surface area contributed by atoms with Crippen molar-refractivity contribution in [3.8, 4) is 0 Å². The largest absolute Gasteiger partial charge is 0.383 e. The van der Waals surface area contributed by atoms with E-state index in [0.717, 1.165) is 21.0 Å². The summed E-state index contributed by atoms with van der Waals surface area (Å²) >= 11 is 2.31. The molecule has 1 aliphatic rings. The number of anilines is 1. The van der Waals surface area contributed by atoms with Crippen LogP contribution < -0.4 is 5.73 Å². The van der Waals surface area contributed by atoms with Crippen LogP contribution in [0, 0.1) is 28.2 Å². The molecule has 102 valence electrons. The van der Waals surface area contributed by atoms with Gasteiger partial charge in [0.2, 0.25) is 0 Å². The molecule has 1 saturated carbocycles. The van der Waals surface area contributed by atoms with Crippen molar-refractivity contribution in [3.63, 3.8) is 0 Å². The van der Waals surface area contributed by atoms with Gasteiger partial charge in [-0.1, -0.05) is 27.2 Å². The number of rotatable bonds is 2. The molecule has 0 bridgehead atoms. The number of hydrogen-bond donors (Lipinski definition) is 1. The molecule has 3 atom stereocenters. The highest BCUT2D eigenvalue weighted by atomic mass is 127. The molecule has 3 unspecified atom stereocenters. The first-order valence-electron chi connectivity index (χ1n) is 6.91. The van der Waals surface area contributed by atoms with Crippen LogP contribution in [0.1, 0.15) is 51.8 Å². The van der Waals surface area contributed by atoms with E-state index in [1.165, 1.54) is 19.3 Å². The van der Waals surface area contributed by atoms with Gasteiger partial charge in [-0.15, -0.1) is 0 Å². The number of nitrogens with zero attached hydrogens (tertiary/aromatic N) is 2. The monoisotopic (exact) mass is 361 g/mol. The minimum absolute atomic E-state index is 0.482. The molecule has 0 saturated heterocycles. The molecule has 0 aliphatic heterocycles. The molecule has 0 aromatic carbocycles. The highest BCUT2D eigenvalue weighted by Gasteiger charge is 2.33. The molecule has 1 aromatic heterocycles. The second kappa shape index (κ2) is 5.39. The molecule has 1 fully saturated rings. The predicted octanol–water partition coefficient (Wildman–Crippen LogP) is 4.01. The van der Waals surface area contributed by atoms with E-state index in [-0.39, 0.29) is 0 Å². The Kier molecular flexibility index (Phi) is 4.24. The number of nitrogens with two attached hydrogens (primary N) is 1. The van der Waals surface area contributed by atoms with Gasteiger partial charge in [0.15, 0.2) is 0 Å². The average Bonchev–Trinajstić information content (AvgIpc) is 2.56. The van der Waals surface area contributed by atoms with E-state index in [1.54, 1.807) is 0 Å². The van der Waals surface area contributed by atoms with Gasteiger partial charge in [-0.25, -0.2) is 4.68 Å². The lowest BCUT2D eigenvalue weighted by Crippen LogP contribution is -2.31.